The molecule has 92 heavy (non-hydrogen) atoms. The third kappa shape index (κ3) is 21.1. The van der Waals surface area contributed by atoms with E-state index in [0.29, 0.717) is 64.5 Å². The quantitative estimate of drug-likeness (QED) is 0.0270. The molecule has 0 saturated carbocycles. The van der Waals surface area contributed by atoms with E-state index >= 15 is 0 Å². The molecule has 1 aliphatic carbocycles. The fourth-order valence-corrected chi connectivity index (χ4v) is 9.37. The van der Waals surface area contributed by atoms with Gasteiger partial charge < -0.3 is 28.4 Å². The Morgan fingerprint density at radius 2 is 0.967 bits per heavy atom. The molecule has 0 heterocycles. The first-order valence-corrected chi connectivity index (χ1v) is 30.3. The number of benzene rings is 8. The van der Waals surface area contributed by atoms with Crippen LogP contribution >= 0.6 is 0 Å². The molecule has 8 aromatic carbocycles. The predicted molar refractivity (Wildman–Crippen MR) is 349 cm³/mol. The maximum atomic E-state index is 14.2. The molecule has 3 atom stereocenters. The molecule has 8 aromatic rings. The Bertz CT molecular complexity index is 3970. The molecule has 0 amide bonds. The summed E-state index contributed by atoms with van der Waals surface area (Å²) >= 11 is 0. The number of hydrogen-bond acceptors (Lipinski definition) is 10. The molecule has 0 aromatic heterocycles. The second-order valence-corrected chi connectivity index (χ2v) is 21.9. The topological polar surface area (TPSA) is 124 Å². The number of rotatable bonds is 18. The van der Waals surface area contributed by atoms with Gasteiger partial charge >= 0.3 is 30.1 Å². The molecule has 472 valence electrons. The Hall–Kier alpha value is -10.4. The van der Waals surface area contributed by atoms with Gasteiger partial charge in [0, 0.05) is 11.1 Å². The molecule has 3 unspecified atom stereocenters. The molecule has 10 nitrogen and oxygen atoms in total. The number of halogens is 4. The van der Waals surface area contributed by atoms with Gasteiger partial charge in [0.05, 0.1) is 40.9 Å². The summed E-state index contributed by atoms with van der Waals surface area (Å²) in [7, 11) is 0. The number of ether oxygens (including phenoxy) is 6. The molecule has 1 aliphatic rings. The zero-order valence-electron chi connectivity index (χ0n) is 52.7. The van der Waals surface area contributed by atoms with Crippen LogP contribution in [0.3, 0.4) is 0 Å². The molecule has 9 rings (SSSR count). The summed E-state index contributed by atoms with van der Waals surface area (Å²) in [4.78, 5) is 49.3. The number of esters is 4. The molecular formula is C78H72F4O10. The van der Waals surface area contributed by atoms with E-state index < -0.39 is 36.0 Å². The van der Waals surface area contributed by atoms with E-state index in [0.717, 1.165) is 69.7 Å². The van der Waals surface area contributed by atoms with Gasteiger partial charge in [-0.15, -0.1) is 17.8 Å². The second kappa shape index (κ2) is 34.0. The summed E-state index contributed by atoms with van der Waals surface area (Å²) in [6.45, 7) is 15.2. The largest absolute Gasteiger partial charge is 0.494 e. The Labute approximate surface area is 536 Å². The molecule has 0 saturated heterocycles. The van der Waals surface area contributed by atoms with Crippen LogP contribution in [-0.4, -0.2) is 48.9 Å². The van der Waals surface area contributed by atoms with E-state index in [9.17, 15) is 36.7 Å². The van der Waals surface area contributed by atoms with Crippen LogP contribution in [0.4, 0.5) is 17.6 Å². The fourth-order valence-electron chi connectivity index (χ4n) is 9.37. The van der Waals surface area contributed by atoms with Gasteiger partial charge in [-0.1, -0.05) is 86.6 Å². The zero-order chi connectivity index (χ0) is 66.2. The minimum atomic E-state index is -4.60. The van der Waals surface area contributed by atoms with Gasteiger partial charge in [0.2, 0.25) is 0 Å². The Morgan fingerprint density at radius 1 is 0.522 bits per heavy atom. The van der Waals surface area contributed by atoms with Gasteiger partial charge in [0.15, 0.2) is 6.10 Å². The second-order valence-electron chi connectivity index (χ2n) is 21.9. The van der Waals surface area contributed by atoms with Crippen LogP contribution in [-0.2, 0) is 22.4 Å². The van der Waals surface area contributed by atoms with Crippen molar-refractivity contribution >= 4 is 23.9 Å². The van der Waals surface area contributed by atoms with Crippen molar-refractivity contribution in [3.63, 3.8) is 0 Å². The molecular weight excluding hydrogens is 1170 g/mol. The number of carbonyl (C=O) groups excluding carboxylic acids is 4. The van der Waals surface area contributed by atoms with Gasteiger partial charge in [0.25, 0.3) is 0 Å². The Balaban J connectivity index is 0.000000201. The number of fused-ring (bicyclic) bond motifs is 1. The van der Waals surface area contributed by atoms with E-state index in [1.165, 1.54) is 18.9 Å². The van der Waals surface area contributed by atoms with Gasteiger partial charge in [-0.05, 0) is 246 Å². The number of carbonyl (C=O) groups is 4. The minimum Gasteiger partial charge on any atom is -0.494 e. The van der Waals surface area contributed by atoms with E-state index in [1.807, 2.05) is 86.6 Å². The van der Waals surface area contributed by atoms with Gasteiger partial charge in [-0.25, -0.2) is 18.8 Å². The average molecular weight is 1250 g/mol. The molecule has 0 radical (unpaired) electrons. The van der Waals surface area contributed by atoms with E-state index in [4.69, 9.17) is 23.7 Å². The normalized spacial score (nSPS) is 12.6. The van der Waals surface area contributed by atoms with Crippen molar-refractivity contribution in [3.8, 4) is 86.5 Å². The predicted octanol–water partition coefficient (Wildman–Crippen LogP) is 17.9. The molecule has 14 heteroatoms. The SMILES string of the molecule is CC#Cc1ccc(-c2ccc(C(=O)Oc3ccc4c(c3)CCC(C(=O)OC(C)C(F)(F)F)C4)cc2)cc1F.CC#Cc1ccc(C(=O)Oc2ccc(-c3ccc(OC(C)C)cc3)cc2)cc1.CC#Cc1ccc(C(=O)Oc2ccc(OCCCC(C)CC)cc2)cc1. The summed E-state index contributed by atoms with van der Waals surface area (Å²) in [6, 6.07) is 53.0. The third-order valence-corrected chi connectivity index (χ3v) is 14.6. The highest BCUT2D eigenvalue weighted by molar-refractivity contribution is 5.93. The number of aryl methyl sites for hydroxylation is 1. The highest BCUT2D eigenvalue weighted by Crippen LogP contribution is 2.33. The summed E-state index contributed by atoms with van der Waals surface area (Å²) in [5.74, 6) is 17.3. The third-order valence-electron chi connectivity index (χ3n) is 14.6. The molecule has 0 bridgehead atoms. The summed E-state index contributed by atoms with van der Waals surface area (Å²) in [5, 5.41) is 0. The molecule has 0 fully saturated rings. The van der Waals surface area contributed by atoms with Crippen LogP contribution in [0.2, 0.25) is 0 Å². The van der Waals surface area contributed by atoms with Gasteiger partial charge in [0.1, 0.15) is 34.6 Å². The minimum absolute atomic E-state index is 0.149. The van der Waals surface area contributed by atoms with E-state index in [-0.39, 0.29) is 24.5 Å². The number of hydrogen-bond donors (Lipinski definition) is 0. The van der Waals surface area contributed by atoms with Crippen molar-refractivity contribution in [1.29, 1.82) is 0 Å². The van der Waals surface area contributed by atoms with Crippen LogP contribution in [0.15, 0.2) is 182 Å². The molecule has 0 aliphatic heterocycles. The highest BCUT2D eigenvalue weighted by Gasteiger charge is 2.40. The van der Waals surface area contributed by atoms with Crippen molar-refractivity contribution in [1.82, 2.24) is 0 Å². The smallest absolute Gasteiger partial charge is 0.425 e. The van der Waals surface area contributed by atoms with Crippen LogP contribution in [0.25, 0.3) is 22.3 Å². The van der Waals surface area contributed by atoms with E-state index in [1.54, 1.807) is 124 Å². The van der Waals surface area contributed by atoms with Gasteiger partial charge in [-0.2, -0.15) is 13.2 Å². The first-order chi connectivity index (χ1) is 44.2. The van der Waals surface area contributed by atoms with Crippen molar-refractivity contribution in [2.75, 3.05) is 6.61 Å². The van der Waals surface area contributed by atoms with Gasteiger partial charge in [-0.3, -0.25) is 4.79 Å². The van der Waals surface area contributed by atoms with E-state index in [2.05, 4.69) is 54.1 Å². The van der Waals surface area contributed by atoms with Crippen LogP contribution < -0.4 is 23.7 Å². The zero-order valence-corrected chi connectivity index (χ0v) is 52.7. The Morgan fingerprint density at radius 3 is 1.46 bits per heavy atom. The van der Waals surface area contributed by atoms with Crippen molar-refractivity contribution < 1.29 is 65.2 Å². The fraction of sp³-hybridized carbons (Fsp3) is 0.256. The molecule has 0 spiro atoms. The number of alkyl halides is 3. The summed E-state index contributed by atoms with van der Waals surface area (Å²) < 4.78 is 84.7. The maximum Gasteiger partial charge on any atom is 0.425 e. The van der Waals surface area contributed by atoms with Crippen LogP contribution in [0.5, 0.6) is 28.7 Å². The molecule has 0 N–H and O–H groups in total. The van der Waals surface area contributed by atoms with Crippen LogP contribution in [0.1, 0.15) is 140 Å². The average Bonchev–Trinajstić information content (AvgIpc) is 0.946. The van der Waals surface area contributed by atoms with Crippen LogP contribution in [0, 0.1) is 53.2 Å². The maximum absolute atomic E-state index is 14.2. The monoisotopic (exact) mass is 1240 g/mol. The standard InChI is InChI=1S/C30H24F4O4.C25H22O3.C23H26O3/c1-3-4-20-7-10-24(17-27(20)31)19-5-8-21(9-6-19)28(35)38-26-14-13-22-15-25(12-11-23(22)16-26)29(36)37-18(2)30(32,33)34;1-4-5-19-6-8-22(9-7-19)25(26)28-24-16-12-21(13-17-24)20-10-14-23(15-11-20)27-18(2)3;1-4-7-19-9-11-20(12-10-19)23(24)26-22-15-13-21(14-16-22)25-17-6-8-18(3)5-2/h5-10,13-14,16-18,25H,11-12,15H2,1-2H3;6-18H,1-3H3;9-16,18H,5-6,8,17H2,1-3H3. The summed E-state index contributed by atoms with van der Waals surface area (Å²) in [6.07, 6.45) is -2.16. The van der Waals surface area contributed by atoms with Crippen molar-refractivity contribution in [2.45, 2.75) is 112 Å². The summed E-state index contributed by atoms with van der Waals surface area (Å²) in [5.41, 5.74) is 8.49. The first-order valence-electron chi connectivity index (χ1n) is 30.3. The van der Waals surface area contributed by atoms with Crippen molar-refractivity contribution in [3.05, 3.63) is 232 Å². The lowest BCUT2D eigenvalue weighted by atomic mass is 9.84. The lowest BCUT2D eigenvalue weighted by Gasteiger charge is -2.25. The lowest BCUT2D eigenvalue weighted by Crippen LogP contribution is -2.34. The lowest BCUT2D eigenvalue weighted by molar-refractivity contribution is -0.218. The first kappa shape index (κ1) is 69.1. The highest BCUT2D eigenvalue weighted by atomic mass is 19.4. The van der Waals surface area contributed by atoms with Crippen molar-refractivity contribution in [2.24, 2.45) is 11.8 Å². The Kier molecular flexibility index (Phi) is 25.5.